The molecular formula is C23H28N2O3. The maximum absolute atomic E-state index is 12.7. The lowest BCUT2D eigenvalue weighted by Gasteiger charge is -2.33. The van der Waals surface area contributed by atoms with Gasteiger partial charge in [0.05, 0.1) is 11.7 Å². The first-order valence-electron chi connectivity index (χ1n) is 9.94. The Hall–Kier alpha value is -2.82. The summed E-state index contributed by atoms with van der Waals surface area (Å²) in [5.74, 6) is 0.376. The normalized spacial score (nSPS) is 16.7. The summed E-state index contributed by atoms with van der Waals surface area (Å²) >= 11 is 0. The van der Waals surface area contributed by atoms with Crippen molar-refractivity contribution in [3.05, 3.63) is 59.7 Å². The third kappa shape index (κ3) is 4.71. The number of likely N-dealkylation sites (tertiary alicyclic amines) is 1. The fraction of sp³-hybridized carbons (Fsp3) is 0.391. The minimum absolute atomic E-state index is 0.0172. The molecule has 3 rings (SSSR count). The zero-order valence-electron chi connectivity index (χ0n) is 16.8. The minimum atomic E-state index is -0.236. The quantitative estimate of drug-likeness (QED) is 0.815. The summed E-state index contributed by atoms with van der Waals surface area (Å²) in [6.45, 7) is 6.76. The number of nitrogens with one attached hydrogen (secondary N) is 1. The fourth-order valence-electron chi connectivity index (χ4n) is 3.47. The largest absolute Gasteiger partial charge is 0.490 e. The van der Waals surface area contributed by atoms with Gasteiger partial charge in [-0.2, -0.15) is 0 Å². The van der Waals surface area contributed by atoms with E-state index in [4.69, 9.17) is 4.74 Å². The molecule has 1 aliphatic rings. The van der Waals surface area contributed by atoms with Gasteiger partial charge in [-0.05, 0) is 76.4 Å². The van der Waals surface area contributed by atoms with Crippen molar-refractivity contribution in [1.29, 1.82) is 0 Å². The van der Waals surface area contributed by atoms with Gasteiger partial charge in [0.1, 0.15) is 5.75 Å². The van der Waals surface area contributed by atoms with Crippen LogP contribution >= 0.6 is 0 Å². The van der Waals surface area contributed by atoms with Crippen molar-refractivity contribution in [2.75, 3.05) is 11.9 Å². The highest BCUT2D eigenvalue weighted by molar-refractivity contribution is 6.06. The summed E-state index contributed by atoms with van der Waals surface area (Å²) in [6, 6.07) is 14.5. The second-order valence-electron chi connectivity index (χ2n) is 7.54. The fourth-order valence-corrected chi connectivity index (χ4v) is 3.47. The molecule has 1 saturated heterocycles. The van der Waals surface area contributed by atoms with Crippen molar-refractivity contribution >= 4 is 17.5 Å². The Morgan fingerprint density at radius 1 is 1.07 bits per heavy atom. The molecule has 0 saturated carbocycles. The van der Waals surface area contributed by atoms with Gasteiger partial charge in [0, 0.05) is 23.8 Å². The lowest BCUT2D eigenvalue weighted by molar-refractivity contribution is 0.0635. The first-order chi connectivity index (χ1) is 13.5. The topological polar surface area (TPSA) is 58.6 Å². The molecule has 1 fully saturated rings. The molecule has 0 aromatic heterocycles. The third-order valence-electron chi connectivity index (χ3n) is 4.95. The van der Waals surface area contributed by atoms with Gasteiger partial charge < -0.3 is 15.0 Å². The van der Waals surface area contributed by atoms with Crippen molar-refractivity contribution in [1.82, 2.24) is 4.90 Å². The molecule has 0 bridgehead atoms. The van der Waals surface area contributed by atoms with Crippen LogP contribution in [0.15, 0.2) is 48.5 Å². The monoisotopic (exact) mass is 380 g/mol. The molecule has 0 spiro atoms. The molecule has 1 atom stereocenters. The molecule has 1 aliphatic heterocycles. The lowest BCUT2D eigenvalue weighted by atomic mass is 10.0. The Bertz CT molecular complexity index is 830. The maximum atomic E-state index is 12.7. The van der Waals surface area contributed by atoms with Crippen LogP contribution in [-0.2, 0) is 0 Å². The number of para-hydroxylation sites is 1. The first-order valence-corrected chi connectivity index (χ1v) is 9.94. The van der Waals surface area contributed by atoms with Crippen LogP contribution in [0.4, 0.5) is 5.69 Å². The highest BCUT2D eigenvalue weighted by atomic mass is 16.5. The second-order valence-corrected chi connectivity index (χ2v) is 7.54. The smallest absolute Gasteiger partial charge is 0.259 e. The van der Waals surface area contributed by atoms with Crippen LogP contribution in [0.2, 0.25) is 0 Å². The molecular weight excluding hydrogens is 352 g/mol. The van der Waals surface area contributed by atoms with E-state index in [1.54, 1.807) is 36.4 Å². The Kier molecular flexibility index (Phi) is 6.34. The van der Waals surface area contributed by atoms with Gasteiger partial charge in [-0.15, -0.1) is 0 Å². The van der Waals surface area contributed by atoms with E-state index in [-0.39, 0.29) is 24.0 Å². The standard InChI is InChI=1S/C23H28N2O3/c1-16(2)28-21-10-5-4-9-20(21)22(26)24-19-13-11-18(12-14-19)23(27)25-15-7-6-8-17(25)3/h4-5,9-14,16-17H,6-8,15H2,1-3H3,(H,24,26). The molecule has 148 valence electrons. The van der Waals surface area contributed by atoms with Gasteiger partial charge in [0.25, 0.3) is 11.8 Å². The molecule has 2 aromatic rings. The number of nitrogens with zero attached hydrogens (tertiary/aromatic N) is 1. The number of hydrogen-bond acceptors (Lipinski definition) is 3. The summed E-state index contributed by atoms with van der Waals surface area (Å²) in [4.78, 5) is 27.3. The Morgan fingerprint density at radius 2 is 1.79 bits per heavy atom. The summed E-state index contributed by atoms with van der Waals surface area (Å²) in [6.07, 6.45) is 3.27. The molecule has 1 unspecified atom stereocenters. The molecule has 1 heterocycles. The first kappa shape index (κ1) is 19.9. The van der Waals surface area contributed by atoms with Crippen molar-refractivity contribution in [2.24, 2.45) is 0 Å². The van der Waals surface area contributed by atoms with Crippen LogP contribution < -0.4 is 10.1 Å². The van der Waals surface area contributed by atoms with E-state index in [0.29, 0.717) is 22.6 Å². The van der Waals surface area contributed by atoms with Crippen molar-refractivity contribution in [3.63, 3.8) is 0 Å². The molecule has 2 aromatic carbocycles. The molecule has 0 aliphatic carbocycles. The van der Waals surface area contributed by atoms with Gasteiger partial charge in [-0.25, -0.2) is 0 Å². The van der Waals surface area contributed by atoms with Crippen LogP contribution in [0, 0.1) is 0 Å². The van der Waals surface area contributed by atoms with Crippen molar-refractivity contribution in [2.45, 2.75) is 52.2 Å². The molecule has 5 heteroatoms. The van der Waals surface area contributed by atoms with Gasteiger partial charge in [0.2, 0.25) is 0 Å². The average molecular weight is 380 g/mol. The Balaban J connectivity index is 1.69. The predicted molar refractivity (Wildman–Crippen MR) is 111 cm³/mol. The number of rotatable bonds is 5. The maximum Gasteiger partial charge on any atom is 0.259 e. The highest BCUT2D eigenvalue weighted by Crippen LogP contribution is 2.22. The van der Waals surface area contributed by atoms with Gasteiger partial charge in [0.15, 0.2) is 0 Å². The lowest BCUT2D eigenvalue weighted by Crippen LogP contribution is -2.42. The SMILES string of the molecule is CC(C)Oc1ccccc1C(=O)Nc1ccc(C(=O)N2CCCCC2C)cc1. The number of anilines is 1. The van der Waals surface area contributed by atoms with Gasteiger partial charge >= 0.3 is 0 Å². The van der Waals surface area contributed by atoms with Gasteiger partial charge in [-0.1, -0.05) is 12.1 Å². The zero-order chi connectivity index (χ0) is 20.1. The number of ether oxygens (including phenoxy) is 1. The number of carbonyl (C=O) groups excluding carboxylic acids is 2. The highest BCUT2D eigenvalue weighted by Gasteiger charge is 2.24. The minimum Gasteiger partial charge on any atom is -0.490 e. The third-order valence-corrected chi connectivity index (χ3v) is 4.95. The van der Waals surface area contributed by atoms with E-state index in [1.807, 2.05) is 30.9 Å². The summed E-state index contributed by atoms with van der Waals surface area (Å²) in [5.41, 5.74) is 1.78. The van der Waals surface area contributed by atoms with Crippen LogP contribution in [0.5, 0.6) is 5.75 Å². The van der Waals surface area contributed by atoms with E-state index in [1.165, 1.54) is 6.42 Å². The molecule has 5 nitrogen and oxygen atoms in total. The second kappa shape index (κ2) is 8.91. The molecule has 0 radical (unpaired) electrons. The summed E-state index contributed by atoms with van der Waals surface area (Å²) in [5, 5.41) is 2.88. The van der Waals surface area contributed by atoms with E-state index in [0.717, 1.165) is 19.4 Å². The number of piperidine rings is 1. The molecule has 1 N–H and O–H groups in total. The number of benzene rings is 2. The van der Waals surface area contributed by atoms with Crippen molar-refractivity contribution in [3.8, 4) is 5.75 Å². The summed E-state index contributed by atoms with van der Waals surface area (Å²) in [7, 11) is 0. The van der Waals surface area contributed by atoms with E-state index in [9.17, 15) is 9.59 Å². The molecule has 28 heavy (non-hydrogen) atoms. The Morgan fingerprint density at radius 3 is 2.46 bits per heavy atom. The zero-order valence-corrected chi connectivity index (χ0v) is 16.8. The van der Waals surface area contributed by atoms with Gasteiger partial charge in [-0.3, -0.25) is 9.59 Å². The molecule has 2 amide bonds. The number of carbonyl (C=O) groups is 2. The van der Waals surface area contributed by atoms with Crippen LogP contribution in [-0.4, -0.2) is 35.4 Å². The van der Waals surface area contributed by atoms with Crippen LogP contribution in [0.3, 0.4) is 0 Å². The predicted octanol–water partition coefficient (Wildman–Crippen LogP) is 4.74. The van der Waals surface area contributed by atoms with E-state index >= 15 is 0 Å². The Labute approximate surface area is 166 Å². The van der Waals surface area contributed by atoms with Crippen LogP contribution in [0.1, 0.15) is 60.7 Å². The summed E-state index contributed by atoms with van der Waals surface area (Å²) < 4.78 is 5.72. The number of hydrogen-bond donors (Lipinski definition) is 1. The average Bonchev–Trinajstić information content (AvgIpc) is 2.68. The van der Waals surface area contributed by atoms with Crippen LogP contribution in [0.25, 0.3) is 0 Å². The van der Waals surface area contributed by atoms with Crippen molar-refractivity contribution < 1.29 is 14.3 Å². The van der Waals surface area contributed by atoms with E-state index < -0.39 is 0 Å². The van der Waals surface area contributed by atoms with E-state index in [2.05, 4.69) is 12.2 Å². The number of amides is 2.